The minimum atomic E-state index is -0.906. The van der Waals surface area contributed by atoms with Crippen LogP contribution in [-0.4, -0.2) is 47.8 Å². The number of aryl methyl sites for hydroxylation is 1. The second-order valence-corrected chi connectivity index (χ2v) is 13.0. The van der Waals surface area contributed by atoms with Crippen LogP contribution < -0.4 is 15.4 Å². The van der Waals surface area contributed by atoms with Crippen molar-refractivity contribution in [3.63, 3.8) is 0 Å². The van der Waals surface area contributed by atoms with Gasteiger partial charge in [-0.25, -0.2) is 4.79 Å². The molecule has 44 heavy (non-hydrogen) atoms. The molecular formula is C36H46N2O5S. The molecule has 0 aliphatic rings. The van der Waals surface area contributed by atoms with Crippen molar-refractivity contribution >= 4 is 29.5 Å². The molecule has 8 heteroatoms. The maximum atomic E-state index is 13.8. The largest absolute Gasteiger partial charge is 0.497 e. The van der Waals surface area contributed by atoms with Crippen molar-refractivity contribution in [3.8, 4) is 5.75 Å². The monoisotopic (exact) mass is 618 g/mol. The van der Waals surface area contributed by atoms with Crippen molar-refractivity contribution in [2.24, 2.45) is 0 Å². The number of amides is 2. The maximum absolute atomic E-state index is 13.8. The first-order valence-electron chi connectivity index (χ1n) is 15.2. The average Bonchev–Trinajstić information content (AvgIpc) is 3.01. The third-order valence-electron chi connectivity index (χ3n) is 6.94. The molecule has 2 amide bonds. The van der Waals surface area contributed by atoms with Crippen LogP contribution in [0.3, 0.4) is 0 Å². The summed E-state index contributed by atoms with van der Waals surface area (Å²) in [7, 11) is 1.63. The molecular weight excluding hydrogens is 572 g/mol. The molecule has 7 nitrogen and oxygen atoms in total. The van der Waals surface area contributed by atoms with Crippen LogP contribution in [0.5, 0.6) is 5.75 Å². The van der Waals surface area contributed by atoms with Gasteiger partial charge in [-0.05, 0) is 68.9 Å². The van der Waals surface area contributed by atoms with Crippen molar-refractivity contribution in [1.82, 2.24) is 10.6 Å². The van der Waals surface area contributed by atoms with Gasteiger partial charge in [-0.1, -0.05) is 86.1 Å². The van der Waals surface area contributed by atoms with E-state index >= 15 is 0 Å². The fourth-order valence-electron chi connectivity index (χ4n) is 4.65. The van der Waals surface area contributed by atoms with Gasteiger partial charge in [0, 0.05) is 12.2 Å². The molecule has 0 aliphatic carbocycles. The van der Waals surface area contributed by atoms with E-state index in [2.05, 4.69) is 10.6 Å². The highest BCUT2D eigenvalue weighted by Gasteiger charge is 2.31. The number of benzene rings is 3. The number of thioether (sulfide) groups is 1. The Bertz CT molecular complexity index is 1310. The van der Waals surface area contributed by atoms with Gasteiger partial charge in [0.05, 0.1) is 12.4 Å². The van der Waals surface area contributed by atoms with Gasteiger partial charge in [0.2, 0.25) is 11.8 Å². The maximum Gasteiger partial charge on any atom is 0.329 e. The number of carbonyl (C=O) groups is 3. The zero-order valence-electron chi connectivity index (χ0n) is 26.5. The summed E-state index contributed by atoms with van der Waals surface area (Å²) >= 11 is 1.56. The summed E-state index contributed by atoms with van der Waals surface area (Å²) in [6.45, 7) is 7.44. The highest BCUT2D eigenvalue weighted by molar-refractivity contribution is 7.99. The number of rotatable bonds is 16. The van der Waals surface area contributed by atoms with Crippen LogP contribution in [0.1, 0.15) is 63.6 Å². The summed E-state index contributed by atoms with van der Waals surface area (Å²) in [5.74, 6) is 0.334. The van der Waals surface area contributed by atoms with E-state index in [9.17, 15) is 14.4 Å². The third kappa shape index (κ3) is 12.1. The zero-order chi connectivity index (χ0) is 32.0. The predicted molar refractivity (Wildman–Crippen MR) is 178 cm³/mol. The molecule has 0 aliphatic heterocycles. The Morgan fingerprint density at radius 2 is 1.34 bits per heavy atom. The van der Waals surface area contributed by atoms with Crippen molar-refractivity contribution < 1.29 is 23.9 Å². The quantitative estimate of drug-likeness (QED) is 0.184. The summed E-state index contributed by atoms with van der Waals surface area (Å²) in [5, 5.41) is 5.63. The molecule has 0 saturated heterocycles. The van der Waals surface area contributed by atoms with Crippen LogP contribution in [0.25, 0.3) is 0 Å². The van der Waals surface area contributed by atoms with E-state index in [-0.39, 0.29) is 17.6 Å². The van der Waals surface area contributed by atoms with E-state index in [0.717, 1.165) is 28.9 Å². The van der Waals surface area contributed by atoms with E-state index in [1.807, 2.05) is 91.9 Å². The van der Waals surface area contributed by atoms with Crippen molar-refractivity contribution in [3.05, 3.63) is 102 Å². The Morgan fingerprint density at radius 3 is 1.91 bits per heavy atom. The number of nitrogens with one attached hydrogen (secondary N) is 2. The summed E-state index contributed by atoms with van der Waals surface area (Å²) in [5.41, 5.74) is 2.33. The van der Waals surface area contributed by atoms with Crippen LogP contribution in [0.4, 0.5) is 0 Å². The van der Waals surface area contributed by atoms with Crippen LogP contribution in [0, 0.1) is 0 Å². The molecule has 0 bridgehead atoms. The number of hydrogen-bond donors (Lipinski definition) is 2. The standard InChI is InChI=1S/C36H46N2O5S/c1-6-13-32(44-25-28-18-21-29(42-5)22-19-28)34(40)37-30(23-20-26-14-9-7-10-15-26)33(39)38-31(35(41)43-36(2,3)4)24-27-16-11-8-12-17-27/h7-12,14-19,21-22,30-32H,6,13,20,23-25H2,1-5H3,(H,37,40)(H,38,39)/t30-,31-,32?/m0/s1. The van der Waals surface area contributed by atoms with E-state index in [1.165, 1.54) is 0 Å². The summed E-state index contributed by atoms with van der Waals surface area (Å²) in [4.78, 5) is 40.7. The Balaban J connectivity index is 1.78. The Kier molecular flexibility index (Phi) is 13.8. The summed E-state index contributed by atoms with van der Waals surface area (Å²) < 4.78 is 10.9. The lowest BCUT2D eigenvalue weighted by Gasteiger charge is -2.27. The highest BCUT2D eigenvalue weighted by Crippen LogP contribution is 2.24. The first-order chi connectivity index (χ1) is 21.1. The van der Waals surface area contributed by atoms with Gasteiger partial charge in [-0.3, -0.25) is 9.59 Å². The van der Waals surface area contributed by atoms with Gasteiger partial charge in [0.1, 0.15) is 23.4 Å². The SMILES string of the molecule is CCCC(SCc1ccc(OC)cc1)C(=O)N[C@@H](CCc1ccccc1)C(=O)N[C@@H](Cc1ccccc1)C(=O)OC(C)(C)C. The predicted octanol–water partition coefficient (Wildman–Crippen LogP) is 6.28. The third-order valence-corrected chi connectivity index (χ3v) is 8.29. The fraction of sp³-hybridized carbons (Fsp3) is 0.417. The zero-order valence-corrected chi connectivity index (χ0v) is 27.3. The fourth-order valence-corrected chi connectivity index (χ4v) is 5.86. The van der Waals surface area contributed by atoms with Crippen LogP contribution in [-0.2, 0) is 37.7 Å². The molecule has 1 unspecified atom stereocenters. The van der Waals surface area contributed by atoms with Crippen molar-refractivity contribution in [1.29, 1.82) is 0 Å². The van der Waals surface area contributed by atoms with Gasteiger partial charge in [0.25, 0.3) is 0 Å². The van der Waals surface area contributed by atoms with Crippen LogP contribution in [0.15, 0.2) is 84.9 Å². The number of methoxy groups -OCH3 is 1. The Labute approximate surface area is 266 Å². The van der Waals surface area contributed by atoms with Gasteiger partial charge in [-0.2, -0.15) is 0 Å². The molecule has 0 radical (unpaired) electrons. The normalized spacial score (nSPS) is 13.3. The molecule has 0 saturated carbocycles. The average molecular weight is 619 g/mol. The molecule has 3 atom stereocenters. The molecule has 0 spiro atoms. The van der Waals surface area contributed by atoms with Crippen molar-refractivity contribution in [2.45, 2.75) is 88.5 Å². The molecule has 0 heterocycles. The van der Waals surface area contributed by atoms with Crippen LogP contribution >= 0.6 is 11.8 Å². The molecule has 3 aromatic rings. The first kappa shape index (κ1) is 34.7. The van der Waals surface area contributed by atoms with E-state index < -0.39 is 29.6 Å². The van der Waals surface area contributed by atoms with E-state index in [0.29, 0.717) is 25.0 Å². The lowest BCUT2D eigenvalue weighted by molar-refractivity contribution is -0.158. The lowest BCUT2D eigenvalue weighted by Crippen LogP contribution is -2.54. The number of carbonyl (C=O) groups excluding carboxylic acids is 3. The van der Waals surface area contributed by atoms with Gasteiger partial charge < -0.3 is 20.1 Å². The molecule has 0 aromatic heterocycles. The van der Waals surface area contributed by atoms with Gasteiger partial charge in [-0.15, -0.1) is 11.8 Å². The summed E-state index contributed by atoms with van der Waals surface area (Å²) in [6, 6.07) is 25.4. The Hall–Kier alpha value is -3.78. The molecule has 3 rings (SSSR count). The number of ether oxygens (including phenoxy) is 2. The topological polar surface area (TPSA) is 93.7 Å². The van der Waals surface area contributed by atoms with Gasteiger partial charge in [0.15, 0.2) is 0 Å². The molecule has 3 aromatic carbocycles. The van der Waals surface area contributed by atoms with E-state index in [4.69, 9.17) is 9.47 Å². The number of esters is 1. The second-order valence-electron chi connectivity index (χ2n) is 11.8. The first-order valence-corrected chi connectivity index (χ1v) is 16.3. The molecule has 0 fully saturated rings. The van der Waals surface area contributed by atoms with Gasteiger partial charge >= 0.3 is 5.97 Å². The van der Waals surface area contributed by atoms with Crippen molar-refractivity contribution in [2.75, 3.05) is 7.11 Å². The second kappa shape index (κ2) is 17.5. The Morgan fingerprint density at radius 1 is 0.750 bits per heavy atom. The molecule has 236 valence electrons. The minimum absolute atomic E-state index is 0.185. The smallest absolute Gasteiger partial charge is 0.329 e. The van der Waals surface area contributed by atoms with Crippen LogP contribution in [0.2, 0.25) is 0 Å². The highest BCUT2D eigenvalue weighted by atomic mass is 32.2. The van der Waals surface area contributed by atoms with E-state index in [1.54, 1.807) is 39.6 Å². The lowest BCUT2D eigenvalue weighted by atomic mass is 10.0. The molecule has 2 N–H and O–H groups in total. The summed E-state index contributed by atoms with van der Waals surface area (Å²) in [6.07, 6.45) is 2.75. The number of hydrogen-bond acceptors (Lipinski definition) is 6. The minimum Gasteiger partial charge on any atom is -0.497 e.